The highest BCUT2D eigenvalue weighted by Gasteiger charge is 2.29. The molecule has 0 radical (unpaired) electrons. The topological polar surface area (TPSA) is 64.8 Å². The Balaban J connectivity index is 2.07. The number of nitrogens with zero attached hydrogens (tertiary/aromatic N) is 1. The lowest BCUT2D eigenvalue weighted by Gasteiger charge is -2.37. The Morgan fingerprint density at radius 3 is 2.71 bits per heavy atom. The molecule has 1 aliphatic rings. The Morgan fingerprint density at radius 2 is 2.14 bits per heavy atom. The van der Waals surface area contributed by atoms with E-state index < -0.39 is 6.61 Å². The van der Waals surface area contributed by atoms with Crippen molar-refractivity contribution >= 4 is 5.91 Å². The maximum Gasteiger partial charge on any atom is 0.387 e. The lowest BCUT2D eigenvalue weighted by molar-refractivity contribution is -0.0498. The fourth-order valence-electron chi connectivity index (χ4n) is 2.19. The Bertz CT molecular complexity index is 482. The molecule has 1 aromatic carbocycles. The van der Waals surface area contributed by atoms with Gasteiger partial charge in [-0.25, -0.2) is 0 Å². The van der Waals surface area contributed by atoms with Gasteiger partial charge in [0, 0.05) is 18.7 Å². The number of nitrogens with two attached hydrogens (primary N) is 1. The van der Waals surface area contributed by atoms with Crippen molar-refractivity contribution in [3.05, 3.63) is 29.8 Å². The zero-order chi connectivity index (χ0) is 15.4. The Labute approximate surface area is 121 Å². The van der Waals surface area contributed by atoms with Gasteiger partial charge in [0.1, 0.15) is 5.75 Å². The molecule has 1 saturated heterocycles. The van der Waals surface area contributed by atoms with E-state index in [1.165, 1.54) is 24.3 Å². The quantitative estimate of drug-likeness (QED) is 0.914. The van der Waals surface area contributed by atoms with Crippen molar-refractivity contribution in [3.8, 4) is 5.75 Å². The summed E-state index contributed by atoms with van der Waals surface area (Å²) in [5, 5.41) is 0. The Hall–Kier alpha value is -1.73. The summed E-state index contributed by atoms with van der Waals surface area (Å²) in [5.74, 6) is -0.149. The minimum atomic E-state index is -2.88. The van der Waals surface area contributed by atoms with E-state index in [1.807, 2.05) is 6.92 Å². The molecule has 21 heavy (non-hydrogen) atoms. The van der Waals surface area contributed by atoms with Gasteiger partial charge in [0.05, 0.1) is 18.8 Å². The van der Waals surface area contributed by atoms with E-state index in [4.69, 9.17) is 10.5 Å². The summed E-state index contributed by atoms with van der Waals surface area (Å²) >= 11 is 0. The molecule has 2 unspecified atom stereocenters. The molecule has 0 bridgehead atoms. The fourth-order valence-corrected chi connectivity index (χ4v) is 2.19. The summed E-state index contributed by atoms with van der Waals surface area (Å²) in [5.41, 5.74) is 5.98. The third kappa shape index (κ3) is 3.89. The van der Waals surface area contributed by atoms with Crippen molar-refractivity contribution in [1.82, 2.24) is 4.90 Å². The van der Waals surface area contributed by atoms with Gasteiger partial charge in [0.25, 0.3) is 5.91 Å². The Morgan fingerprint density at radius 1 is 1.48 bits per heavy atom. The summed E-state index contributed by atoms with van der Waals surface area (Å²) in [7, 11) is 0. The molecule has 0 spiro atoms. The van der Waals surface area contributed by atoms with Crippen LogP contribution in [0.4, 0.5) is 8.78 Å². The highest BCUT2D eigenvalue weighted by molar-refractivity contribution is 5.94. The number of morpholine rings is 1. The van der Waals surface area contributed by atoms with E-state index in [1.54, 1.807) is 4.90 Å². The third-order valence-electron chi connectivity index (χ3n) is 3.36. The van der Waals surface area contributed by atoms with Crippen LogP contribution < -0.4 is 10.5 Å². The van der Waals surface area contributed by atoms with Gasteiger partial charge in [-0.05, 0) is 31.2 Å². The fraction of sp³-hybridized carbons (Fsp3) is 0.500. The molecule has 0 aliphatic carbocycles. The number of hydrogen-bond donors (Lipinski definition) is 1. The average molecular weight is 300 g/mol. The van der Waals surface area contributed by atoms with Gasteiger partial charge >= 0.3 is 6.61 Å². The normalized spacial score (nSPS) is 22.4. The lowest BCUT2D eigenvalue weighted by Crippen LogP contribution is -2.52. The molecule has 5 nitrogen and oxygen atoms in total. The second-order valence-corrected chi connectivity index (χ2v) is 4.90. The van der Waals surface area contributed by atoms with Crippen LogP contribution in [0.5, 0.6) is 5.75 Å². The van der Waals surface area contributed by atoms with Crippen LogP contribution >= 0.6 is 0 Å². The van der Waals surface area contributed by atoms with Gasteiger partial charge in [-0.2, -0.15) is 8.78 Å². The molecule has 116 valence electrons. The summed E-state index contributed by atoms with van der Waals surface area (Å²) in [6, 6.07) is 5.59. The molecule has 1 fully saturated rings. The first kappa shape index (κ1) is 15.7. The van der Waals surface area contributed by atoms with Crippen molar-refractivity contribution < 1.29 is 23.0 Å². The number of benzene rings is 1. The summed E-state index contributed by atoms with van der Waals surface area (Å²) in [4.78, 5) is 14.1. The third-order valence-corrected chi connectivity index (χ3v) is 3.36. The molecule has 0 aromatic heterocycles. The Kier molecular flexibility index (Phi) is 5.08. The van der Waals surface area contributed by atoms with Gasteiger partial charge in [-0.15, -0.1) is 0 Å². The first-order valence-corrected chi connectivity index (χ1v) is 6.68. The number of amides is 1. The molecule has 1 aromatic rings. The first-order valence-electron chi connectivity index (χ1n) is 6.68. The van der Waals surface area contributed by atoms with Crippen LogP contribution in [0.25, 0.3) is 0 Å². The zero-order valence-electron chi connectivity index (χ0n) is 11.7. The predicted octanol–water partition coefficient (Wildman–Crippen LogP) is 1.48. The molecule has 1 aliphatic heterocycles. The zero-order valence-corrected chi connectivity index (χ0v) is 11.7. The standard InChI is InChI=1S/C14H18F2N2O3/c1-9-8-20-12(6-17)7-18(9)13(19)10-2-4-11(5-3-10)21-14(15)16/h2-5,9,12,14H,6-8,17H2,1H3. The number of carbonyl (C=O) groups excluding carboxylic acids is 1. The van der Waals surface area contributed by atoms with Crippen LogP contribution in [0.3, 0.4) is 0 Å². The number of carbonyl (C=O) groups is 1. The maximum absolute atomic E-state index is 12.4. The van der Waals surface area contributed by atoms with Crippen LogP contribution in [0.1, 0.15) is 17.3 Å². The van der Waals surface area contributed by atoms with Crippen LogP contribution in [0.15, 0.2) is 24.3 Å². The van der Waals surface area contributed by atoms with E-state index in [-0.39, 0.29) is 23.8 Å². The largest absolute Gasteiger partial charge is 0.435 e. The smallest absolute Gasteiger partial charge is 0.387 e. The van der Waals surface area contributed by atoms with Crippen molar-refractivity contribution in [3.63, 3.8) is 0 Å². The minimum Gasteiger partial charge on any atom is -0.435 e. The second kappa shape index (κ2) is 6.82. The average Bonchev–Trinajstić information content (AvgIpc) is 2.47. The summed E-state index contributed by atoms with van der Waals surface area (Å²) < 4.78 is 33.9. The van der Waals surface area contributed by atoms with Crippen molar-refractivity contribution in [2.75, 3.05) is 19.7 Å². The van der Waals surface area contributed by atoms with Gasteiger partial charge < -0.3 is 20.1 Å². The predicted molar refractivity (Wildman–Crippen MR) is 72.4 cm³/mol. The van der Waals surface area contributed by atoms with E-state index in [9.17, 15) is 13.6 Å². The van der Waals surface area contributed by atoms with E-state index in [0.717, 1.165) is 0 Å². The van der Waals surface area contributed by atoms with Crippen LogP contribution in [0, 0.1) is 0 Å². The van der Waals surface area contributed by atoms with Crippen molar-refractivity contribution in [1.29, 1.82) is 0 Å². The maximum atomic E-state index is 12.4. The molecule has 7 heteroatoms. The number of hydrogen-bond acceptors (Lipinski definition) is 4. The van der Waals surface area contributed by atoms with Gasteiger partial charge in [-0.1, -0.05) is 0 Å². The minimum absolute atomic E-state index is 0.0245. The molecule has 2 atom stereocenters. The lowest BCUT2D eigenvalue weighted by atomic mass is 10.1. The summed E-state index contributed by atoms with van der Waals surface area (Å²) in [6.07, 6.45) is -0.174. The molecule has 0 saturated carbocycles. The van der Waals surface area contributed by atoms with E-state index in [0.29, 0.717) is 25.3 Å². The van der Waals surface area contributed by atoms with Gasteiger partial charge in [0.2, 0.25) is 0 Å². The van der Waals surface area contributed by atoms with Crippen LogP contribution in [-0.4, -0.2) is 49.3 Å². The van der Waals surface area contributed by atoms with Gasteiger partial charge in [0.15, 0.2) is 0 Å². The molecular weight excluding hydrogens is 282 g/mol. The monoisotopic (exact) mass is 300 g/mol. The first-order chi connectivity index (χ1) is 10.0. The molecule has 2 N–H and O–H groups in total. The highest BCUT2D eigenvalue weighted by Crippen LogP contribution is 2.19. The molecule has 1 heterocycles. The summed E-state index contributed by atoms with van der Waals surface area (Å²) in [6.45, 7) is 0.207. The van der Waals surface area contributed by atoms with Crippen LogP contribution in [0.2, 0.25) is 0 Å². The van der Waals surface area contributed by atoms with Gasteiger partial charge in [-0.3, -0.25) is 4.79 Å². The van der Waals surface area contributed by atoms with E-state index in [2.05, 4.69) is 4.74 Å². The number of ether oxygens (including phenoxy) is 2. The molecule has 2 rings (SSSR count). The number of alkyl halides is 2. The van der Waals surface area contributed by atoms with Crippen LogP contribution in [-0.2, 0) is 4.74 Å². The SMILES string of the molecule is CC1COC(CN)CN1C(=O)c1ccc(OC(F)F)cc1. The number of rotatable bonds is 4. The van der Waals surface area contributed by atoms with E-state index >= 15 is 0 Å². The molecule has 1 amide bonds. The second-order valence-electron chi connectivity index (χ2n) is 4.90. The highest BCUT2D eigenvalue weighted by atomic mass is 19.3. The number of halogens is 2. The van der Waals surface area contributed by atoms with Crippen molar-refractivity contribution in [2.45, 2.75) is 25.7 Å². The molecular formula is C14H18F2N2O3. The van der Waals surface area contributed by atoms with Crippen molar-refractivity contribution in [2.24, 2.45) is 5.73 Å².